The molecule has 6 rings (SSSR count). The number of esters is 1. The molecule has 228 valence electrons. The zero-order valence-corrected chi connectivity index (χ0v) is 25.4. The monoisotopic (exact) mass is 633 g/mol. The molecule has 44 heavy (non-hydrogen) atoms. The van der Waals surface area contributed by atoms with Gasteiger partial charge in [-0.3, -0.25) is 14.5 Å². The second-order valence-corrected chi connectivity index (χ2v) is 12.6. The van der Waals surface area contributed by atoms with Crippen molar-refractivity contribution in [3.05, 3.63) is 105 Å². The average Bonchev–Trinajstić information content (AvgIpc) is 3.58. The number of morpholine rings is 1. The van der Waals surface area contributed by atoms with Crippen LogP contribution in [0, 0.1) is 0 Å². The molecule has 0 spiro atoms. The normalized spacial score (nSPS) is 19.7. The number of nitrogens with one attached hydrogen (secondary N) is 1. The van der Waals surface area contributed by atoms with Gasteiger partial charge in [-0.05, 0) is 22.6 Å². The zero-order valence-electron chi connectivity index (χ0n) is 23.8. The maximum absolute atomic E-state index is 14.1. The Labute approximate surface area is 262 Å². The number of benzene rings is 2. The largest absolute Gasteiger partial charge is 0.448 e. The van der Waals surface area contributed by atoms with Gasteiger partial charge < -0.3 is 24.4 Å². The smallest absolute Gasteiger partial charge is 0.410 e. The van der Waals surface area contributed by atoms with E-state index in [9.17, 15) is 19.2 Å². The first-order valence-corrected chi connectivity index (χ1v) is 16.2. The Morgan fingerprint density at radius 2 is 1.64 bits per heavy atom. The van der Waals surface area contributed by atoms with Crippen molar-refractivity contribution in [1.82, 2.24) is 15.1 Å². The lowest BCUT2D eigenvalue weighted by Gasteiger charge is -2.49. The Balaban J connectivity index is 1.25. The Hall–Kier alpha value is -4.13. The summed E-state index contributed by atoms with van der Waals surface area (Å²) in [4.78, 5) is 56.9. The van der Waals surface area contributed by atoms with Gasteiger partial charge in [-0.2, -0.15) is 0 Å². The predicted molar refractivity (Wildman–Crippen MR) is 165 cm³/mol. The molecule has 2 fully saturated rings. The summed E-state index contributed by atoms with van der Waals surface area (Å²) in [7, 11) is 0. The Kier molecular flexibility index (Phi) is 9.29. The zero-order chi connectivity index (χ0) is 30.5. The summed E-state index contributed by atoms with van der Waals surface area (Å²) < 4.78 is 17.1. The van der Waals surface area contributed by atoms with Crippen LogP contribution in [0.25, 0.3) is 0 Å². The van der Waals surface area contributed by atoms with Crippen molar-refractivity contribution in [2.24, 2.45) is 0 Å². The van der Waals surface area contributed by atoms with Gasteiger partial charge in [0.05, 0.1) is 19.6 Å². The van der Waals surface area contributed by atoms with E-state index < -0.39 is 35.5 Å². The van der Waals surface area contributed by atoms with E-state index in [2.05, 4.69) is 5.32 Å². The SMILES string of the molecule is O=C(Cc1cccs1)N[C@@H]1C(=O)N2C(C(=O)OC(c3ccccc3)c3ccccc3)=C(COC(=O)N3CCOCC3)CS[C@H]12. The van der Waals surface area contributed by atoms with Crippen molar-refractivity contribution >= 4 is 47.0 Å². The number of fused-ring (bicyclic) bond motifs is 1. The van der Waals surface area contributed by atoms with Crippen molar-refractivity contribution in [2.45, 2.75) is 23.9 Å². The highest BCUT2D eigenvalue weighted by molar-refractivity contribution is 8.00. The molecule has 1 N–H and O–H groups in total. The molecule has 0 radical (unpaired) electrons. The molecule has 0 saturated carbocycles. The van der Waals surface area contributed by atoms with Crippen molar-refractivity contribution in [2.75, 3.05) is 38.7 Å². The predicted octanol–water partition coefficient (Wildman–Crippen LogP) is 3.75. The Morgan fingerprint density at radius 3 is 2.27 bits per heavy atom. The van der Waals surface area contributed by atoms with E-state index >= 15 is 0 Å². The summed E-state index contributed by atoms with van der Waals surface area (Å²) in [5, 5.41) is 4.24. The number of thioether (sulfide) groups is 1. The summed E-state index contributed by atoms with van der Waals surface area (Å²) in [5.41, 5.74) is 2.05. The number of rotatable bonds is 9. The lowest BCUT2D eigenvalue weighted by atomic mass is 10.0. The molecule has 4 heterocycles. The van der Waals surface area contributed by atoms with E-state index in [1.165, 1.54) is 28.0 Å². The van der Waals surface area contributed by atoms with Gasteiger partial charge in [-0.15, -0.1) is 23.1 Å². The second-order valence-electron chi connectivity index (χ2n) is 10.4. The number of carbonyl (C=O) groups excluding carboxylic acids is 4. The van der Waals surface area contributed by atoms with Gasteiger partial charge in [0, 0.05) is 29.3 Å². The van der Waals surface area contributed by atoms with Crippen LogP contribution in [0.3, 0.4) is 0 Å². The molecule has 2 aromatic carbocycles. The van der Waals surface area contributed by atoms with E-state index in [-0.39, 0.29) is 24.6 Å². The standard InChI is InChI=1S/C32H31N3O7S2/c36-25(18-24-12-7-17-43-24)33-26-29(37)35-27(23(20-44-30(26)35)19-41-32(39)34-13-15-40-16-14-34)31(38)42-28(21-8-3-1-4-9-21)22-10-5-2-6-11-22/h1-12,17,26,28,30H,13-16,18-20H2,(H,33,36)/t26-,30-/m1/s1. The summed E-state index contributed by atoms with van der Waals surface area (Å²) >= 11 is 2.88. The topological polar surface area (TPSA) is 114 Å². The molecule has 3 amide bonds. The fourth-order valence-electron chi connectivity index (χ4n) is 5.31. The molecule has 2 atom stereocenters. The molecule has 0 aliphatic carbocycles. The molecule has 10 nitrogen and oxygen atoms in total. The number of thiophene rings is 1. The van der Waals surface area contributed by atoms with E-state index in [0.29, 0.717) is 37.6 Å². The van der Waals surface area contributed by atoms with E-state index in [1.54, 1.807) is 4.90 Å². The minimum atomic E-state index is -0.785. The number of β-lactam (4-membered cyclic amide) rings is 1. The van der Waals surface area contributed by atoms with Crippen LogP contribution in [-0.4, -0.2) is 83.8 Å². The van der Waals surface area contributed by atoms with Crippen LogP contribution in [0.1, 0.15) is 22.1 Å². The van der Waals surface area contributed by atoms with Crippen LogP contribution in [0.5, 0.6) is 0 Å². The van der Waals surface area contributed by atoms with Crippen LogP contribution in [0.4, 0.5) is 4.79 Å². The molecular formula is C32H31N3O7S2. The van der Waals surface area contributed by atoms with Gasteiger partial charge in [0.15, 0.2) is 6.10 Å². The first-order chi connectivity index (χ1) is 21.5. The summed E-state index contributed by atoms with van der Waals surface area (Å²) in [6, 6.07) is 21.7. The minimum absolute atomic E-state index is 0.0501. The van der Waals surface area contributed by atoms with Gasteiger partial charge in [0.1, 0.15) is 23.7 Å². The molecule has 3 aromatic rings. The highest BCUT2D eigenvalue weighted by Crippen LogP contribution is 2.41. The highest BCUT2D eigenvalue weighted by Gasteiger charge is 2.54. The molecule has 12 heteroatoms. The average molecular weight is 634 g/mol. The number of ether oxygens (including phenoxy) is 3. The molecular weight excluding hydrogens is 603 g/mol. The van der Waals surface area contributed by atoms with Crippen molar-refractivity contribution in [3.63, 3.8) is 0 Å². The number of hydrogen-bond donors (Lipinski definition) is 1. The highest BCUT2D eigenvalue weighted by atomic mass is 32.2. The maximum Gasteiger partial charge on any atom is 0.410 e. The molecule has 3 aliphatic rings. The number of nitrogens with zero attached hydrogens (tertiary/aromatic N) is 2. The van der Waals surface area contributed by atoms with Crippen molar-refractivity contribution in [3.8, 4) is 0 Å². The van der Waals surface area contributed by atoms with Crippen LogP contribution in [0.15, 0.2) is 89.4 Å². The van der Waals surface area contributed by atoms with Gasteiger partial charge in [-0.25, -0.2) is 9.59 Å². The van der Waals surface area contributed by atoms with Crippen LogP contribution in [0.2, 0.25) is 0 Å². The lowest BCUT2D eigenvalue weighted by molar-refractivity contribution is -0.154. The Bertz CT molecular complexity index is 1490. The number of carbonyl (C=O) groups is 4. The molecule has 0 unspecified atom stereocenters. The molecule has 3 aliphatic heterocycles. The first kappa shape index (κ1) is 29.9. The summed E-state index contributed by atoms with van der Waals surface area (Å²) in [6.07, 6.45) is -1.08. The van der Waals surface area contributed by atoms with Gasteiger partial charge in [0.2, 0.25) is 5.91 Å². The quantitative estimate of drug-likeness (QED) is 0.280. The van der Waals surface area contributed by atoms with E-state index in [0.717, 1.165) is 16.0 Å². The van der Waals surface area contributed by atoms with Crippen molar-refractivity contribution in [1.29, 1.82) is 0 Å². The summed E-state index contributed by atoms with van der Waals surface area (Å²) in [6.45, 7) is 1.50. The fraction of sp³-hybridized carbons (Fsp3) is 0.312. The summed E-state index contributed by atoms with van der Waals surface area (Å²) in [5.74, 6) is -1.07. The number of hydrogen-bond acceptors (Lipinski definition) is 9. The lowest BCUT2D eigenvalue weighted by Crippen LogP contribution is -2.70. The second kappa shape index (κ2) is 13.7. The van der Waals surface area contributed by atoms with Gasteiger partial charge in [0.25, 0.3) is 5.91 Å². The van der Waals surface area contributed by atoms with Crippen LogP contribution >= 0.6 is 23.1 Å². The fourth-order valence-corrected chi connectivity index (χ4v) is 7.34. The third-order valence-corrected chi connectivity index (χ3v) is 9.76. The Morgan fingerprint density at radius 1 is 0.955 bits per heavy atom. The van der Waals surface area contributed by atoms with Gasteiger partial charge >= 0.3 is 12.1 Å². The third kappa shape index (κ3) is 6.52. The van der Waals surface area contributed by atoms with Gasteiger partial charge in [-0.1, -0.05) is 66.7 Å². The molecule has 0 bridgehead atoms. The minimum Gasteiger partial charge on any atom is -0.448 e. The van der Waals surface area contributed by atoms with Crippen LogP contribution in [-0.2, 0) is 35.0 Å². The first-order valence-electron chi connectivity index (χ1n) is 14.3. The van der Waals surface area contributed by atoms with Crippen LogP contribution < -0.4 is 5.32 Å². The molecule has 2 saturated heterocycles. The third-order valence-electron chi connectivity index (χ3n) is 7.54. The van der Waals surface area contributed by atoms with E-state index in [1.807, 2.05) is 78.2 Å². The van der Waals surface area contributed by atoms with E-state index in [4.69, 9.17) is 14.2 Å². The molecule has 1 aromatic heterocycles. The maximum atomic E-state index is 14.1. The van der Waals surface area contributed by atoms with Crippen molar-refractivity contribution < 1.29 is 33.4 Å². The number of amides is 3.